The molecular weight excluding hydrogens is 407 g/mol. The average Bonchev–Trinajstić information content (AvgIpc) is 3.27. The van der Waals surface area contributed by atoms with Crippen LogP contribution in [-0.2, 0) is 11.3 Å². The number of halogens is 2. The summed E-state index contributed by atoms with van der Waals surface area (Å²) in [6.45, 7) is 1.98. The number of carbonyl (C=O) groups is 1. The van der Waals surface area contributed by atoms with Gasteiger partial charge in [0, 0.05) is 23.3 Å². The molecule has 6 nitrogen and oxygen atoms in total. The number of aliphatic hydroxyl groups excluding tert-OH is 1. The minimum atomic E-state index is -1.02. The first-order valence-corrected chi connectivity index (χ1v) is 9.25. The lowest BCUT2D eigenvalue weighted by Crippen LogP contribution is -1.96. The third kappa shape index (κ3) is 9.28. The van der Waals surface area contributed by atoms with Crippen LogP contribution in [0, 0.1) is 0 Å². The number of aliphatic hydroxyl groups is 1. The zero-order chi connectivity index (χ0) is 20.9. The Labute approximate surface area is 174 Å². The van der Waals surface area contributed by atoms with E-state index in [0.29, 0.717) is 21.5 Å². The normalized spacial score (nSPS) is 12.2. The maximum absolute atomic E-state index is 10.5. The van der Waals surface area contributed by atoms with Crippen molar-refractivity contribution in [2.24, 2.45) is 0 Å². The van der Waals surface area contributed by atoms with Gasteiger partial charge in [0.15, 0.2) is 0 Å². The summed E-state index contributed by atoms with van der Waals surface area (Å²) in [5, 5.41) is 18.3. The summed E-state index contributed by atoms with van der Waals surface area (Å²) in [7, 11) is 3.02. The molecule has 2 aromatic carbocycles. The van der Waals surface area contributed by atoms with Crippen molar-refractivity contribution in [3.63, 3.8) is 0 Å². The molecule has 0 aromatic heterocycles. The number of aromatic carboxylic acids is 1. The fourth-order valence-electron chi connectivity index (χ4n) is 2.14. The van der Waals surface area contributed by atoms with E-state index in [1.165, 1.54) is 32.1 Å². The highest BCUT2D eigenvalue weighted by atomic mass is 35.5. The Morgan fingerprint density at radius 2 is 1.50 bits per heavy atom. The molecular formula is C20H24Cl2O6. The van der Waals surface area contributed by atoms with E-state index in [2.05, 4.69) is 0 Å². The molecule has 28 heavy (non-hydrogen) atoms. The fraction of sp³-hybridized carbons (Fsp3) is 0.350. The number of hydrogen-bond donors (Lipinski definition) is 2. The molecule has 154 valence electrons. The molecule has 0 atom stereocenters. The largest absolute Gasteiger partial charge is 0.497 e. The van der Waals surface area contributed by atoms with E-state index in [1.54, 1.807) is 31.4 Å². The molecule has 2 aromatic rings. The molecule has 0 bridgehead atoms. The zero-order valence-corrected chi connectivity index (χ0v) is 17.3. The second-order valence-electron chi connectivity index (χ2n) is 5.66. The molecule has 1 aliphatic rings. The smallest absolute Gasteiger partial charge is 0.335 e. The molecule has 1 heterocycles. The van der Waals surface area contributed by atoms with Gasteiger partial charge in [-0.2, -0.15) is 0 Å². The average molecular weight is 431 g/mol. The third-order valence-corrected chi connectivity index (χ3v) is 3.97. The minimum absolute atomic E-state index is 0.0169. The molecule has 2 N–H and O–H groups in total. The Bertz CT molecular complexity index is 718. The second-order valence-corrected chi connectivity index (χ2v) is 6.53. The molecule has 0 radical (unpaired) electrons. The minimum Gasteiger partial charge on any atom is -0.497 e. The molecule has 0 amide bonds. The first-order valence-electron chi connectivity index (χ1n) is 8.49. The van der Waals surface area contributed by atoms with Gasteiger partial charge in [-0.1, -0.05) is 23.2 Å². The van der Waals surface area contributed by atoms with E-state index in [-0.39, 0.29) is 12.2 Å². The summed E-state index contributed by atoms with van der Waals surface area (Å²) >= 11 is 11.3. The Hall–Kier alpha value is -1.99. The van der Waals surface area contributed by atoms with Crippen LogP contribution >= 0.6 is 23.2 Å². The lowest BCUT2D eigenvalue weighted by molar-refractivity contribution is 0.0696. The van der Waals surface area contributed by atoms with Crippen LogP contribution in [0.3, 0.4) is 0 Å². The summed E-state index contributed by atoms with van der Waals surface area (Å²) in [5.74, 6) is 0.0947. The summed E-state index contributed by atoms with van der Waals surface area (Å²) in [6, 6.07) is 9.46. The predicted molar refractivity (Wildman–Crippen MR) is 109 cm³/mol. The number of carboxylic acid groups (broad SMARTS) is 1. The highest BCUT2D eigenvalue weighted by molar-refractivity contribution is 6.31. The standard InChI is InChI=1S/C8H7ClO3.C8H9ClO2.C4H8O/c1-12-7-3-5(8(10)11)2-6(9)4-7;1-11-8-3-6(5-10)2-7(9)4-8;1-2-4-5-3-1/h2-4H,1H3,(H,10,11);2-4,10H,5H2,1H3;1-4H2. The quantitative estimate of drug-likeness (QED) is 0.731. The van der Waals surface area contributed by atoms with E-state index in [4.69, 9.17) is 47.6 Å². The molecule has 1 saturated heterocycles. The number of rotatable bonds is 4. The highest BCUT2D eigenvalue weighted by Gasteiger charge is 2.05. The van der Waals surface area contributed by atoms with E-state index in [9.17, 15) is 4.79 Å². The van der Waals surface area contributed by atoms with E-state index in [1.807, 2.05) is 0 Å². The molecule has 0 saturated carbocycles. The first kappa shape index (κ1) is 24.0. The van der Waals surface area contributed by atoms with Crippen LogP contribution in [0.25, 0.3) is 0 Å². The van der Waals surface area contributed by atoms with Gasteiger partial charge >= 0.3 is 5.97 Å². The van der Waals surface area contributed by atoms with Crippen molar-refractivity contribution < 1.29 is 29.2 Å². The lowest BCUT2D eigenvalue weighted by atomic mass is 10.2. The molecule has 1 fully saturated rings. The van der Waals surface area contributed by atoms with E-state index in [0.717, 1.165) is 18.8 Å². The lowest BCUT2D eigenvalue weighted by Gasteiger charge is -2.02. The number of benzene rings is 2. The zero-order valence-electron chi connectivity index (χ0n) is 15.8. The monoisotopic (exact) mass is 430 g/mol. The van der Waals surface area contributed by atoms with Gasteiger partial charge in [-0.3, -0.25) is 0 Å². The van der Waals surface area contributed by atoms with E-state index < -0.39 is 5.97 Å². The van der Waals surface area contributed by atoms with Gasteiger partial charge in [0.1, 0.15) is 11.5 Å². The molecule has 3 rings (SSSR count). The van der Waals surface area contributed by atoms with Gasteiger partial charge < -0.3 is 24.4 Å². The van der Waals surface area contributed by atoms with Gasteiger partial charge in [-0.05, 0) is 54.8 Å². The number of hydrogen-bond acceptors (Lipinski definition) is 5. The van der Waals surface area contributed by atoms with Crippen molar-refractivity contribution in [1.82, 2.24) is 0 Å². The topological polar surface area (TPSA) is 85.2 Å². The Balaban J connectivity index is 0.000000226. The molecule has 8 heteroatoms. The second kappa shape index (κ2) is 13.2. The predicted octanol–water partition coefficient (Wildman–Crippen LogP) is 4.68. The van der Waals surface area contributed by atoms with Crippen LogP contribution in [0.5, 0.6) is 11.5 Å². The van der Waals surface area contributed by atoms with Gasteiger partial charge in [0.2, 0.25) is 0 Å². The third-order valence-electron chi connectivity index (χ3n) is 3.53. The van der Waals surface area contributed by atoms with Crippen molar-refractivity contribution in [3.8, 4) is 11.5 Å². The summed E-state index contributed by atoms with van der Waals surface area (Å²) in [5.41, 5.74) is 0.883. The Morgan fingerprint density at radius 3 is 1.93 bits per heavy atom. The van der Waals surface area contributed by atoms with Crippen molar-refractivity contribution in [2.45, 2.75) is 19.4 Å². The van der Waals surface area contributed by atoms with Crippen LogP contribution in [0.4, 0.5) is 0 Å². The van der Waals surface area contributed by atoms with Crippen LogP contribution in [0.2, 0.25) is 10.0 Å². The molecule has 0 aliphatic carbocycles. The molecule has 0 unspecified atom stereocenters. The molecule has 0 spiro atoms. The van der Waals surface area contributed by atoms with Crippen molar-refractivity contribution in [3.05, 3.63) is 57.6 Å². The SMILES string of the molecule is C1CCOC1.COc1cc(Cl)cc(C(=O)O)c1.COc1cc(Cl)cc(CO)c1. The van der Waals surface area contributed by atoms with Gasteiger partial charge in [0.05, 0.1) is 26.4 Å². The summed E-state index contributed by atoms with van der Waals surface area (Å²) in [4.78, 5) is 10.5. The van der Waals surface area contributed by atoms with Gasteiger partial charge in [-0.15, -0.1) is 0 Å². The Kier molecular flexibility index (Phi) is 11.4. The highest BCUT2D eigenvalue weighted by Crippen LogP contribution is 2.21. The van der Waals surface area contributed by atoms with Crippen molar-refractivity contribution in [2.75, 3.05) is 27.4 Å². The van der Waals surface area contributed by atoms with Crippen molar-refractivity contribution >= 4 is 29.2 Å². The van der Waals surface area contributed by atoms with Crippen molar-refractivity contribution in [1.29, 1.82) is 0 Å². The molecule has 1 aliphatic heterocycles. The Morgan fingerprint density at radius 1 is 0.964 bits per heavy atom. The maximum Gasteiger partial charge on any atom is 0.335 e. The summed E-state index contributed by atoms with van der Waals surface area (Å²) in [6.07, 6.45) is 2.56. The van der Waals surface area contributed by atoms with Crippen LogP contribution in [0.15, 0.2) is 36.4 Å². The van der Waals surface area contributed by atoms with Crippen LogP contribution < -0.4 is 9.47 Å². The number of methoxy groups -OCH3 is 2. The van der Waals surface area contributed by atoms with Gasteiger partial charge in [-0.25, -0.2) is 4.79 Å². The van der Waals surface area contributed by atoms with Crippen LogP contribution in [-0.4, -0.2) is 43.6 Å². The first-order chi connectivity index (χ1) is 13.4. The van der Waals surface area contributed by atoms with Gasteiger partial charge in [0.25, 0.3) is 0 Å². The van der Waals surface area contributed by atoms with Crippen LogP contribution in [0.1, 0.15) is 28.8 Å². The number of carboxylic acids is 1. The number of ether oxygens (including phenoxy) is 3. The summed E-state index contributed by atoms with van der Waals surface area (Å²) < 4.78 is 14.7. The fourth-order valence-corrected chi connectivity index (χ4v) is 2.62. The maximum atomic E-state index is 10.5. The van der Waals surface area contributed by atoms with E-state index >= 15 is 0 Å².